The van der Waals surface area contributed by atoms with Gasteiger partial charge in [0.05, 0.1) is 4.83 Å². The molecule has 0 bridgehead atoms. The van der Waals surface area contributed by atoms with Gasteiger partial charge in [0.15, 0.2) is 0 Å². The number of amides is 1. The molecule has 0 spiro atoms. The van der Waals surface area contributed by atoms with Gasteiger partial charge >= 0.3 is 0 Å². The molecule has 1 amide bonds. The van der Waals surface area contributed by atoms with E-state index in [1.807, 2.05) is 39.0 Å². The third-order valence-corrected chi connectivity index (χ3v) is 4.25. The van der Waals surface area contributed by atoms with Crippen molar-refractivity contribution in [2.45, 2.75) is 25.6 Å². The molecule has 0 aliphatic carbocycles. The van der Waals surface area contributed by atoms with E-state index in [4.69, 9.17) is 0 Å². The van der Waals surface area contributed by atoms with Crippen molar-refractivity contribution in [3.8, 4) is 0 Å². The number of nitrogens with one attached hydrogen (secondary N) is 1. The van der Waals surface area contributed by atoms with Crippen LogP contribution in [0, 0.1) is 12.8 Å². The van der Waals surface area contributed by atoms with Crippen LogP contribution in [0.1, 0.15) is 19.4 Å². The lowest BCUT2D eigenvalue weighted by molar-refractivity contribution is -0.116. The monoisotopic (exact) mass is 347 g/mol. The third kappa shape index (κ3) is 3.59. The lowest BCUT2D eigenvalue weighted by Gasteiger charge is -2.15. The van der Waals surface area contributed by atoms with Crippen molar-refractivity contribution in [1.82, 2.24) is 0 Å². The second kappa shape index (κ2) is 5.82. The van der Waals surface area contributed by atoms with Crippen molar-refractivity contribution in [2.75, 3.05) is 5.32 Å². The fraction of sp³-hybridized carbons (Fsp3) is 0.417. The number of halogens is 2. The molecule has 88 valence electrons. The van der Waals surface area contributed by atoms with Crippen LogP contribution in [-0.4, -0.2) is 10.7 Å². The van der Waals surface area contributed by atoms with E-state index in [1.54, 1.807) is 0 Å². The predicted octanol–water partition coefficient (Wildman–Crippen LogP) is 4.12. The zero-order chi connectivity index (χ0) is 12.3. The van der Waals surface area contributed by atoms with Crippen molar-refractivity contribution in [2.24, 2.45) is 5.92 Å². The van der Waals surface area contributed by atoms with Gasteiger partial charge in [-0.25, -0.2) is 0 Å². The van der Waals surface area contributed by atoms with Gasteiger partial charge < -0.3 is 5.32 Å². The summed E-state index contributed by atoms with van der Waals surface area (Å²) in [5.41, 5.74) is 1.91. The molecule has 0 fully saturated rings. The van der Waals surface area contributed by atoms with Gasteiger partial charge in [-0.1, -0.05) is 45.7 Å². The zero-order valence-electron chi connectivity index (χ0n) is 9.55. The Morgan fingerprint density at radius 2 is 2.00 bits per heavy atom. The molecule has 1 unspecified atom stereocenters. The molecule has 16 heavy (non-hydrogen) atoms. The minimum Gasteiger partial charge on any atom is -0.325 e. The van der Waals surface area contributed by atoms with Crippen LogP contribution in [0.4, 0.5) is 5.69 Å². The first-order valence-corrected chi connectivity index (χ1v) is 6.83. The van der Waals surface area contributed by atoms with Crippen LogP contribution in [0.2, 0.25) is 0 Å². The summed E-state index contributed by atoms with van der Waals surface area (Å²) in [5, 5.41) is 2.91. The van der Waals surface area contributed by atoms with Gasteiger partial charge in [-0.2, -0.15) is 0 Å². The Kier molecular flexibility index (Phi) is 4.99. The Morgan fingerprint density at radius 1 is 1.38 bits per heavy atom. The summed E-state index contributed by atoms with van der Waals surface area (Å²) in [4.78, 5) is 11.7. The van der Waals surface area contributed by atoms with E-state index in [9.17, 15) is 4.79 Å². The molecule has 0 aromatic heterocycles. The molecule has 0 saturated carbocycles. The molecular weight excluding hydrogens is 334 g/mol. The van der Waals surface area contributed by atoms with E-state index in [0.717, 1.165) is 15.7 Å². The minimum absolute atomic E-state index is 0.000391. The van der Waals surface area contributed by atoms with Crippen LogP contribution in [0.15, 0.2) is 22.7 Å². The molecule has 4 heteroatoms. The third-order valence-electron chi connectivity index (χ3n) is 2.28. The van der Waals surface area contributed by atoms with Gasteiger partial charge in [0.1, 0.15) is 0 Å². The van der Waals surface area contributed by atoms with Gasteiger partial charge in [0.2, 0.25) is 5.91 Å². The van der Waals surface area contributed by atoms with E-state index in [0.29, 0.717) is 0 Å². The average Bonchev–Trinajstić information content (AvgIpc) is 2.20. The average molecular weight is 349 g/mol. The van der Waals surface area contributed by atoms with Crippen LogP contribution >= 0.6 is 31.9 Å². The zero-order valence-corrected chi connectivity index (χ0v) is 12.7. The van der Waals surface area contributed by atoms with Crippen molar-refractivity contribution in [1.29, 1.82) is 0 Å². The summed E-state index contributed by atoms with van der Waals surface area (Å²) in [6.45, 7) is 5.99. The summed E-state index contributed by atoms with van der Waals surface area (Å²) in [6.07, 6.45) is 0. The maximum atomic E-state index is 11.8. The molecule has 0 aliphatic heterocycles. The summed E-state index contributed by atoms with van der Waals surface area (Å²) in [6, 6.07) is 5.80. The van der Waals surface area contributed by atoms with Gasteiger partial charge in [-0.05, 0) is 36.6 Å². The number of anilines is 1. The van der Waals surface area contributed by atoms with Crippen LogP contribution in [0.5, 0.6) is 0 Å². The number of aryl methyl sites for hydroxylation is 1. The Balaban J connectivity index is 2.77. The summed E-state index contributed by atoms with van der Waals surface area (Å²) in [7, 11) is 0. The molecule has 0 radical (unpaired) electrons. The summed E-state index contributed by atoms with van der Waals surface area (Å²) >= 11 is 6.78. The van der Waals surface area contributed by atoms with E-state index in [1.165, 1.54) is 0 Å². The second-order valence-corrected chi connectivity index (χ2v) is 6.00. The highest BCUT2D eigenvalue weighted by Gasteiger charge is 2.18. The second-order valence-electron chi connectivity index (χ2n) is 4.09. The fourth-order valence-electron chi connectivity index (χ4n) is 1.27. The van der Waals surface area contributed by atoms with Gasteiger partial charge in [-0.15, -0.1) is 0 Å². The van der Waals surface area contributed by atoms with Crippen molar-refractivity contribution < 1.29 is 4.79 Å². The topological polar surface area (TPSA) is 29.1 Å². The first-order valence-electron chi connectivity index (χ1n) is 5.13. The Hall–Kier alpha value is -0.350. The van der Waals surface area contributed by atoms with Crippen molar-refractivity contribution >= 4 is 43.5 Å². The lowest BCUT2D eigenvalue weighted by Crippen LogP contribution is -2.27. The van der Waals surface area contributed by atoms with Gasteiger partial charge in [0, 0.05) is 10.2 Å². The highest BCUT2D eigenvalue weighted by molar-refractivity contribution is 9.10. The van der Waals surface area contributed by atoms with Crippen LogP contribution in [0.3, 0.4) is 0 Å². The number of alkyl halides is 1. The largest absolute Gasteiger partial charge is 0.325 e. The quantitative estimate of drug-likeness (QED) is 0.818. The number of benzene rings is 1. The van der Waals surface area contributed by atoms with Crippen molar-refractivity contribution in [3.05, 3.63) is 28.2 Å². The molecule has 0 saturated heterocycles. The normalized spacial score (nSPS) is 12.6. The molecule has 0 aliphatic rings. The molecule has 1 atom stereocenters. The van der Waals surface area contributed by atoms with Gasteiger partial charge in [-0.3, -0.25) is 4.79 Å². The highest BCUT2D eigenvalue weighted by Crippen LogP contribution is 2.21. The number of carbonyl (C=O) groups excluding carboxylic acids is 1. The molecule has 2 nitrogen and oxygen atoms in total. The minimum atomic E-state index is -0.157. The molecule has 0 heterocycles. The van der Waals surface area contributed by atoms with E-state index < -0.39 is 0 Å². The first-order chi connectivity index (χ1) is 7.41. The first kappa shape index (κ1) is 13.7. The lowest BCUT2D eigenvalue weighted by atomic mass is 10.1. The Morgan fingerprint density at radius 3 is 2.50 bits per heavy atom. The Labute approximate surface area is 113 Å². The predicted molar refractivity (Wildman–Crippen MR) is 75.1 cm³/mol. The van der Waals surface area contributed by atoms with Crippen LogP contribution < -0.4 is 5.32 Å². The number of rotatable bonds is 3. The Bertz CT molecular complexity index is 391. The SMILES string of the molecule is Cc1cc(Br)ccc1NC(=O)C(Br)C(C)C. The van der Waals surface area contributed by atoms with Gasteiger partial charge in [0.25, 0.3) is 0 Å². The fourth-order valence-corrected chi connectivity index (χ4v) is 1.86. The maximum Gasteiger partial charge on any atom is 0.238 e. The van der Waals surface area contributed by atoms with Crippen LogP contribution in [-0.2, 0) is 4.79 Å². The maximum absolute atomic E-state index is 11.8. The summed E-state index contributed by atoms with van der Waals surface area (Å²) in [5.74, 6) is 0.274. The smallest absolute Gasteiger partial charge is 0.238 e. The molecule has 1 N–H and O–H groups in total. The van der Waals surface area contributed by atoms with E-state index in [2.05, 4.69) is 37.2 Å². The highest BCUT2D eigenvalue weighted by atomic mass is 79.9. The van der Waals surface area contributed by atoms with E-state index in [-0.39, 0.29) is 16.7 Å². The van der Waals surface area contributed by atoms with Crippen LogP contribution in [0.25, 0.3) is 0 Å². The summed E-state index contributed by atoms with van der Waals surface area (Å²) < 4.78 is 1.02. The van der Waals surface area contributed by atoms with E-state index >= 15 is 0 Å². The number of hydrogen-bond donors (Lipinski definition) is 1. The standard InChI is InChI=1S/C12H15Br2NO/c1-7(2)11(14)12(16)15-10-5-4-9(13)6-8(10)3/h4-7,11H,1-3H3,(H,15,16). The molecule has 1 aromatic rings. The number of carbonyl (C=O) groups is 1. The molecule has 1 rings (SSSR count). The molecule has 1 aromatic carbocycles. The number of hydrogen-bond acceptors (Lipinski definition) is 1. The molecular formula is C12H15Br2NO. The van der Waals surface area contributed by atoms with Crippen molar-refractivity contribution in [3.63, 3.8) is 0 Å².